The number of carbonyl (C=O) groups is 1. The number of ketones is 1. The number of rotatable bonds is 10. The van der Waals surface area contributed by atoms with Gasteiger partial charge >= 0.3 is 10.9 Å². The monoisotopic (exact) mass is 624 g/mol. The summed E-state index contributed by atoms with van der Waals surface area (Å²) in [7, 11) is -2.77. The molecule has 5 rings (SSSR count). The number of aromatic nitrogens is 2. The molecule has 12 heteroatoms. The van der Waals surface area contributed by atoms with Crippen LogP contribution in [-0.2, 0) is 9.84 Å². The molecule has 0 aliphatic heterocycles. The van der Waals surface area contributed by atoms with Gasteiger partial charge in [-0.1, -0.05) is 52.3 Å². The molecule has 0 saturated carbocycles. The van der Waals surface area contributed by atoms with Crippen molar-refractivity contribution in [2.75, 3.05) is 20.3 Å². The van der Waals surface area contributed by atoms with E-state index >= 15 is 0 Å². The van der Waals surface area contributed by atoms with E-state index in [0.29, 0.717) is 22.6 Å². The minimum Gasteiger partial charge on any atom is -0.497 e. The Morgan fingerprint density at radius 1 is 0.900 bits per heavy atom. The summed E-state index contributed by atoms with van der Waals surface area (Å²) in [6, 6.07) is 23.4. The lowest BCUT2D eigenvalue weighted by atomic mass is 9.99. The van der Waals surface area contributed by atoms with Crippen LogP contribution in [0.4, 0.5) is 0 Å². The Bertz CT molecular complexity index is 1810. The Morgan fingerprint density at radius 3 is 2.38 bits per heavy atom. The van der Waals surface area contributed by atoms with Crippen LogP contribution >= 0.6 is 15.9 Å². The van der Waals surface area contributed by atoms with Gasteiger partial charge in [0.1, 0.15) is 24.7 Å². The highest BCUT2D eigenvalue weighted by Gasteiger charge is 2.35. The van der Waals surface area contributed by atoms with Gasteiger partial charge in [0.25, 0.3) is 9.84 Å². The number of hydrogen-bond acceptors (Lipinski definition) is 9. The summed E-state index contributed by atoms with van der Waals surface area (Å²) in [6.07, 6.45) is 0. The summed E-state index contributed by atoms with van der Waals surface area (Å²) in [5.74, 6) is 0.0225. The predicted molar refractivity (Wildman–Crippen MR) is 146 cm³/mol. The topological polar surface area (TPSA) is 132 Å². The molecule has 0 amide bonds. The van der Waals surface area contributed by atoms with Crippen LogP contribution in [0.3, 0.4) is 0 Å². The van der Waals surface area contributed by atoms with E-state index in [1.165, 1.54) is 31.4 Å². The molecule has 0 fully saturated rings. The van der Waals surface area contributed by atoms with E-state index in [2.05, 4.69) is 25.7 Å². The van der Waals surface area contributed by atoms with Gasteiger partial charge in [-0.05, 0) is 58.1 Å². The second-order valence-electron chi connectivity index (χ2n) is 8.49. The Kier molecular flexibility index (Phi) is 7.71. The van der Waals surface area contributed by atoms with Gasteiger partial charge in [0.05, 0.1) is 17.2 Å². The Balaban J connectivity index is 1.29. The van der Waals surface area contributed by atoms with Gasteiger partial charge < -0.3 is 19.4 Å². The molecule has 5 aromatic rings. The van der Waals surface area contributed by atoms with Gasteiger partial charge in [0.15, 0.2) is 5.78 Å². The lowest BCUT2D eigenvalue weighted by Gasteiger charge is -2.11. The van der Waals surface area contributed by atoms with E-state index in [1.807, 2.05) is 30.3 Å². The summed E-state index contributed by atoms with van der Waals surface area (Å²) in [6.45, 7) is -0.243. The highest BCUT2D eigenvalue weighted by molar-refractivity contribution is 9.10. The smallest absolute Gasteiger partial charge is 0.415 e. The Labute approximate surface area is 237 Å². The van der Waals surface area contributed by atoms with Crippen LogP contribution in [0, 0.1) is 5.21 Å². The zero-order valence-electron chi connectivity index (χ0n) is 20.9. The van der Waals surface area contributed by atoms with E-state index in [4.69, 9.17) is 14.2 Å². The lowest BCUT2D eigenvalue weighted by molar-refractivity contribution is -0.832. The molecule has 0 aliphatic rings. The molecule has 0 aliphatic carbocycles. The first-order valence-electron chi connectivity index (χ1n) is 11.8. The molecule has 1 heterocycles. The standard InChI is InChI=1S/C28H21BrN2O8S/c1-36-23-15-21(26(32)20-8-7-19-14-22(29)10-9-18(19)13-20)16-24(17-23)37-11-12-38-27-28(31(33)39-30-27)40(34,35)25-5-3-2-4-6-25/h2-10,13-17H,11-12H2,1H3. The van der Waals surface area contributed by atoms with Crippen molar-refractivity contribution in [1.82, 2.24) is 5.16 Å². The van der Waals surface area contributed by atoms with Crippen LogP contribution in [0.2, 0.25) is 0 Å². The van der Waals surface area contributed by atoms with Crippen molar-refractivity contribution in [3.8, 4) is 17.4 Å². The van der Waals surface area contributed by atoms with Gasteiger partial charge in [-0.2, -0.15) is 0 Å². The van der Waals surface area contributed by atoms with Crippen molar-refractivity contribution in [2.45, 2.75) is 9.92 Å². The molecule has 0 atom stereocenters. The summed E-state index contributed by atoms with van der Waals surface area (Å²) in [5, 5.41) is 16.6. The predicted octanol–water partition coefficient (Wildman–Crippen LogP) is 4.75. The molecule has 0 radical (unpaired) electrons. The summed E-state index contributed by atoms with van der Waals surface area (Å²) >= 11 is 3.45. The van der Waals surface area contributed by atoms with Gasteiger partial charge in [0.2, 0.25) is 0 Å². The van der Waals surface area contributed by atoms with Gasteiger partial charge in [-0.15, -0.1) is 0 Å². The van der Waals surface area contributed by atoms with Gasteiger partial charge in [-0.3, -0.25) is 9.42 Å². The summed E-state index contributed by atoms with van der Waals surface area (Å²) in [5.41, 5.74) is 0.855. The van der Waals surface area contributed by atoms with Crippen LogP contribution in [0.25, 0.3) is 10.8 Å². The average molecular weight is 625 g/mol. The molecule has 1 aromatic heterocycles. The third-order valence-electron chi connectivity index (χ3n) is 5.89. The van der Waals surface area contributed by atoms with Crippen LogP contribution < -0.4 is 19.1 Å². The molecule has 4 aromatic carbocycles. The first-order valence-corrected chi connectivity index (χ1v) is 14.1. The van der Waals surface area contributed by atoms with Crippen LogP contribution in [0.15, 0.2) is 104 Å². The fraction of sp³-hybridized carbons (Fsp3) is 0.107. The van der Waals surface area contributed by atoms with Crippen LogP contribution in [0.1, 0.15) is 15.9 Å². The largest absolute Gasteiger partial charge is 0.497 e. The minimum atomic E-state index is -4.24. The average Bonchev–Trinajstić information content (AvgIpc) is 3.35. The van der Waals surface area contributed by atoms with Crippen molar-refractivity contribution >= 4 is 42.3 Å². The Morgan fingerprint density at radius 2 is 1.60 bits per heavy atom. The number of sulfone groups is 1. The van der Waals surface area contributed by atoms with Gasteiger partial charge in [-0.25, -0.2) is 8.42 Å². The zero-order valence-corrected chi connectivity index (χ0v) is 23.3. The van der Waals surface area contributed by atoms with E-state index in [1.54, 1.807) is 30.3 Å². The molecular weight excluding hydrogens is 604 g/mol. The van der Waals surface area contributed by atoms with Crippen molar-refractivity contribution in [1.29, 1.82) is 0 Å². The normalized spacial score (nSPS) is 11.3. The lowest BCUT2D eigenvalue weighted by Crippen LogP contribution is -2.31. The Hall–Kier alpha value is -4.42. The van der Waals surface area contributed by atoms with E-state index < -0.39 is 20.7 Å². The number of fused-ring (bicyclic) bond motifs is 1. The maximum Gasteiger partial charge on any atom is 0.415 e. The molecule has 0 saturated heterocycles. The highest BCUT2D eigenvalue weighted by Crippen LogP contribution is 2.28. The minimum absolute atomic E-state index is 0.0673. The number of benzene rings is 4. The van der Waals surface area contributed by atoms with Gasteiger partial charge in [0, 0.05) is 21.7 Å². The first kappa shape index (κ1) is 27.2. The summed E-state index contributed by atoms with van der Waals surface area (Å²) < 4.78 is 47.7. The van der Waals surface area contributed by atoms with Crippen molar-refractivity contribution in [3.63, 3.8) is 0 Å². The number of methoxy groups -OCH3 is 1. The van der Waals surface area contributed by atoms with Crippen LogP contribution in [-0.4, -0.2) is 39.7 Å². The second kappa shape index (κ2) is 11.4. The quantitative estimate of drug-likeness (QED) is 0.123. The summed E-state index contributed by atoms with van der Waals surface area (Å²) in [4.78, 5) is 13.0. The van der Waals surface area contributed by atoms with Crippen molar-refractivity contribution < 1.29 is 37.0 Å². The molecule has 0 bridgehead atoms. The molecule has 204 valence electrons. The van der Waals surface area contributed by atoms with Crippen molar-refractivity contribution in [2.24, 2.45) is 0 Å². The maximum atomic E-state index is 13.3. The number of carbonyl (C=O) groups excluding carboxylic acids is 1. The number of hydrogen-bond donors (Lipinski definition) is 0. The number of halogens is 1. The first-order chi connectivity index (χ1) is 19.3. The van der Waals surface area contributed by atoms with Crippen LogP contribution in [0.5, 0.6) is 17.4 Å². The molecular formula is C28H21BrN2O8S. The fourth-order valence-electron chi connectivity index (χ4n) is 3.97. The third kappa shape index (κ3) is 5.63. The van der Waals surface area contributed by atoms with E-state index in [0.717, 1.165) is 15.2 Å². The molecule has 40 heavy (non-hydrogen) atoms. The third-order valence-corrected chi connectivity index (χ3v) is 8.11. The highest BCUT2D eigenvalue weighted by atomic mass is 79.9. The second-order valence-corrected chi connectivity index (χ2v) is 11.3. The molecule has 10 nitrogen and oxygen atoms in total. The number of ether oxygens (including phenoxy) is 3. The fourth-order valence-corrected chi connectivity index (χ4v) is 5.64. The molecule has 0 N–H and O–H groups in total. The zero-order chi connectivity index (χ0) is 28.3. The van der Waals surface area contributed by atoms with Crippen molar-refractivity contribution in [3.05, 3.63) is 106 Å². The SMILES string of the molecule is COc1cc(OCCOc2no[n+]([O-])c2S(=O)(=O)c2ccccc2)cc(C(=O)c2ccc3cc(Br)ccc3c2)c1. The molecule has 0 unspecified atom stereocenters. The number of nitrogens with zero attached hydrogens (tertiary/aromatic N) is 2. The maximum absolute atomic E-state index is 13.3. The molecule has 0 spiro atoms. The van der Waals surface area contributed by atoms with E-state index in [9.17, 15) is 18.4 Å². The van der Waals surface area contributed by atoms with E-state index in [-0.39, 0.29) is 28.8 Å².